The topological polar surface area (TPSA) is 105 Å². The second kappa shape index (κ2) is 7.32. The van der Waals surface area contributed by atoms with Crippen molar-refractivity contribution in [3.8, 4) is 0 Å². The minimum absolute atomic E-state index is 0.0395. The van der Waals surface area contributed by atoms with Gasteiger partial charge in [0.25, 0.3) is 10.0 Å². The number of aromatic nitrogens is 2. The van der Waals surface area contributed by atoms with E-state index in [0.29, 0.717) is 31.9 Å². The second-order valence-electron chi connectivity index (χ2n) is 4.83. The van der Waals surface area contributed by atoms with Gasteiger partial charge in [0.1, 0.15) is 0 Å². The van der Waals surface area contributed by atoms with Crippen LogP contribution in [0.25, 0.3) is 0 Å². The summed E-state index contributed by atoms with van der Waals surface area (Å²) in [5, 5.41) is 9.79. The summed E-state index contributed by atoms with van der Waals surface area (Å²) in [4.78, 5) is 0. The molecule has 1 aromatic rings. The Labute approximate surface area is 124 Å². The van der Waals surface area contributed by atoms with Gasteiger partial charge in [0.2, 0.25) is 0 Å². The predicted octanol–water partition coefficient (Wildman–Crippen LogP) is -0.479. The first-order valence-electron chi connectivity index (χ1n) is 6.98. The highest BCUT2D eigenvalue weighted by Crippen LogP contribution is 2.16. The average Bonchev–Trinajstić information content (AvgIpc) is 2.86. The third-order valence-electron chi connectivity index (χ3n) is 3.23. The normalized spacial score (nSPS) is 19.8. The highest BCUT2D eigenvalue weighted by molar-refractivity contribution is 7.89. The SMILES string of the molecule is CCNCc1c(S(=O)(=O)NCC2COCCO2)n[nH]c1C. The van der Waals surface area contributed by atoms with Crippen LogP contribution in [-0.4, -0.2) is 57.6 Å². The standard InChI is InChI=1S/C12H22N4O4S/c1-3-13-7-11-9(2)15-16-12(11)21(17,18)14-6-10-8-19-4-5-20-10/h10,13-14H,3-8H2,1-2H3,(H,15,16). The van der Waals surface area contributed by atoms with Crippen LogP contribution >= 0.6 is 0 Å². The van der Waals surface area contributed by atoms with Crippen molar-refractivity contribution < 1.29 is 17.9 Å². The van der Waals surface area contributed by atoms with Crippen LogP contribution in [0.3, 0.4) is 0 Å². The van der Waals surface area contributed by atoms with Crippen molar-refractivity contribution in [1.29, 1.82) is 0 Å². The van der Waals surface area contributed by atoms with Gasteiger partial charge in [-0.25, -0.2) is 13.1 Å². The van der Waals surface area contributed by atoms with E-state index in [4.69, 9.17) is 9.47 Å². The first-order chi connectivity index (χ1) is 10.0. The van der Waals surface area contributed by atoms with E-state index in [0.717, 1.165) is 12.2 Å². The van der Waals surface area contributed by atoms with Crippen molar-refractivity contribution in [3.05, 3.63) is 11.3 Å². The highest BCUT2D eigenvalue weighted by Gasteiger charge is 2.25. The smallest absolute Gasteiger partial charge is 0.260 e. The molecule has 0 bridgehead atoms. The van der Waals surface area contributed by atoms with Crippen molar-refractivity contribution in [3.63, 3.8) is 0 Å². The molecule has 2 heterocycles. The lowest BCUT2D eigenvalue weighted by Crippen LogP contribution is -2.40. The van der Waals surface area contributed by atoms with Crippen molar-refractivity contribution in [1.82, 2.24) is 20.2 Å². The van der Waals surface area contributed by atoms with Gasteiger partial charge in [-0.1, -0.05) is 6.92 Å². The minimum Gasteiger partial charge on any atom is -0.376 e. The third kappa shape index (κ3) is 4.24. The molecule has 1 aliphatic heterocycles. The Balaban J connectivity index is 2.04. The molecule has 1 aromatic heterocycles. The zero-order chi connectivity index (χ0) is 15.3. The van der Waals surface area contributed by atoms with Crippen LogP contribution in [0.5, 0.6) is 0 Å². The Kier molecular flexibility index (Phi) is 5.71. The minimum atomic E-state index is -3.67. The van der Waals surface area contributed by atoms with E-state index < -0.39 is 10.0 Å². The van der Waals surface area contributed by atoms with Crippen LogP contribution in [0, 0.1) is 6.92 Å². The van der Waals surface area contributed by atoms with Crippen LogP contribution < -0.4 is 10.0 Å². The molecule has 0 amide bonds. The van der Waals surface area contributed by atoms with E-state index >= 15 is 0 Å². The van der Waals surface area contributed by atoms with E-state index in [2.05, 4.69) is 20.2 Å². The third-order valence-corrected chi connectivity index (χ3v) is 4.62. The van der Waals surface area contributed by atoms with E-state index in [1.165, 1.54) is 0 Å². The number of nitrogens with one attached hydrogen (secondary N) is 3. The molecule has 2 rings (SSSR count). The van der Waals surface area contributed by atoms with Crippen LogP contribution in [0.4, 0.5) is 0 Å². The molecule has 0 radical (unpaired) electrons. The lowest BCUT2D eigenvalue weighted by Gasteiger charge is -2.22. The summed E-state index contributed by atoms with van der Waals surface area (Å²) in [5.41, 5.74) is 1.40. The zero-order valence-electron chi connectivity index (χ0n) is 12.3. The Morgan fingerprint density at radius 2 is 2.24 bits per heavy atom. The monoisotopic (exact) mass is 318 g/mol. The maximum absolute atomic E-state index is 12.4. The molecule has 0 saturated carbocycles. The van der Waals surface area contributed by atoms with Crippen LogP contribution in [0.2, 0.25) is 0 Å². The molecule has 1 fully saturated rings. The number of rotatable bonds is 7. The lowest BCUT2D eigenvalue weighted by atomic mass is 10.2. The van der Waals surface area contributed by atoms with Crippen molar-refractivity contribution in [2.75, 3.05) is 32.9 Å². The molecule has 0 spiro atoms. The summed E-state index contributed by atoms with van der Waals surface area (Å²) in [5.74, 6) is 0. The molecule has 9 heteroatoms. The van der Waals surface area contributed by atoms with E-state index in [1.54, 1.807) is 6.92 Å². The highest BCUT2D eigenvalue weighted by atomic mass is 32.2. The van der Waals surface area contributed by atoms with Gasteiger partial charge in [0.15, 0.2) is 5.03 Å². The van der Waals surface area contributed by atoms with E-state index in [-0.39, 0.29) is 17.7 Å². The largest absolute Gasteiger partial charge is 0.376 e. The maximum Gasteiger partial charge on any atom is 0.260 e. The Bertz CT molecular complexity index is 552. The summed E-state index contributed by atoms with van der Waals surface area (Å²) in [6.45, 7) is 6.58. The molecule has 0 aliphatic carbocycles. The van der Waals surface area contributed by atoms with Crippen LogP contribution in [0.1, 0.15) is 18.2 Å². The Hall–Kier alpha value is -1.00. The fourth-order valence-electron chi connectivity index (χ4n) is 2.04. The number of aryl methyl sites for hydroxylation is 1. The number of hydrogen-bond acceptors (Lipinski definition) is 6. The summed E-state index contributed by atoms with van der Waals surface area (Å²) in [6, 6.07) is 0. The number of sulfonamides is 1. The van der Waals surface area contributed by atoms with Crippen molar-refractivity contribution in [2.24, 2.45) is 0 Å². The second-order valence-corrected chi connectivity index (χ2v) is 6.51. The zero-order valence-corrected chi connectivity index (χ0v) is 13.1. The van der Waals surface area contributed by atoms with Gasteiger partial charge in [0, 0.05) is 24.3 Å². The number of H-pyrrole nitrogens is 1. The summed E-state index contributed by atoms with van der Waals surface area (Å²) in [6.07, 6.45) is -0.259. The fourth-order valence-corrected chi connectivity index (χ4v) is 3.29. The van der Waals surface area contributed by atoms with Gasteiger partial charge < -0.3 is 14.8 Å². The molecule has 1 saturated heterocycles. The van der Waals surface area contributed by atoms with Gasteiger partial charge >= 0.3 is 0 Å². The molecule has 1 unspecified atom stereocenters. The fraction of sp³-hybridized carbons (Fsp3) is 0.750. The summed E-state index contributed by atoms with van der Waals surface area (Å²) in [7, 11) is -3.67. The number of hydrogen-bond donors (Lipinski definition) is 3. The Morgan fingerprint density at radius 1 is 1.43 bits per heavy atom. The lowest BCUT2D eigenvalue weighted by molar-refractivity contribution is -0.0847. The molecular weight excluding hydrogens is 296 g/mol. The van der Waals surface area contributed by atoms with Crippen LogP contribution in [-0.2, 0) is 26.0 Å². The van der Waals surface area contributed by atoms with Gasteiger partial charge in [-0.3, -0.25) is 5.10 Å². The molecular formula is C12H22N4O4S. The van der Waals surface area contributed by atoms with Crippen molar-refractivity contribution in [2.45, 2.75) is 31.5 Å². The first-order valence-corrected chi connectivity index (χ1v) is 8.46. The molecule has 1 aliphatic rings. The first kappa shape index (κ1) is 16.4. The molecule has 120 valence electrons. The van der Waals surface area contributed by atoms with Gasteiger partial charge in [-0.05, 0) is 13.5 Å². The van der Waals surface area contributed by atoms with Gasteiger partial charge in [0.05, 0.1) is 25.9 Å². The predicted molar refractivity (Wildman–Crippen MR) is 76.5 cm³/mol. The summed E-state index contributed by atoms with van der Waals surface area (Å²) < 4.78 is 37.9. The van der Waals surface area contributed by atoms with Gasteiger partial charge in [-0.15, -0.1) is 0 Å². The molecule has 8 nitrogen and oxygen atoms in total. The number of aromatic amines is 1. The Morgan fingerprint density at radius 3 is 2.90 bits per heavy atom. The molecule has 0 aromatic carbocycles. The van der Waals surface area contributed by atoms with Crippen LogP contribution in [0.15, 0.2) is 5.03 Å². The van der Waals surface area contributed by atoms with E-state index in [9.17, 15) is 8.42 Å². The van der Waals surface area contributed by atoms with Gasteiger partial charge in [-0.2, -0.15) is 5.10 Å². The summed E-state index contributed by atoms with van der Waals surface area (Å²) >= 11 is 0. The number of nitrogens with zero attached hydrogens (tertiary/aromatic N) is 1. The number of ether oxygens (including phenoxy) is 2. The maximum atomic E-state index is 12.4. The molecule has 1 atom stereocenters. The van der Waals surface area contributed by atoms with E-state index in [1.807, 2.05) is 6.92 Å². The van der Waals surface area contributed by atoms with Crippen molar-refractivity contribution >= 4 is 10.0 Å². The molecule has 3 N–H and O–H groups in total. The molecule has 21 heavy (non-hydrogen) atoms. The quantitative estimate of drug-likeness (QED) is 0.627. The average molecular weight is 318 g/mol.